The van der Waals surface area contributed by atoms with Crippen molar-refractivity contribution < 1.29 is 4.74 Å². The predicted molar refractivity (Wildman–Crippen MR) is 89.6 cm³/mol. The summed E-state index contributed by atoms with van der Waals surface area (Å²) in [7, 11) is 0. The van der Waals surface area contributed by atoms with E-state index in [1.54, 1.807) is 12.1 Å². The summed E-state index contributed by atoms with van der Waals surface area (Å²) in [5.41, 5.74) is 1.10. The minimum absolute atomic E-state index is 0.0389. The van der Waals surface area contributed by atoms with Crippen LogP contribution in [0.2, 0.25) is 10.0 Å². The molecule has 0 bridgehead atoms. The highest BCUT2D eigenvalue weighted by atomic mass is 35.5. The minimum Gasteiger partial charge on any atom is -0.457 e. The van der Waals surface area contributed by atoms with Crippen LogP contribution in [0.25, 0.3) is 0 Å². The van der Waals surface area contributed by atoms with Gasteiger partial charge in [-0.15, -0.1) is 0 Å². The zero-order valence-electron chi connectivity index (χ0n) is 12.4. The van der Waals surface area contributed by atoms with Crippen molar-refractivity contribution in [3.8, 4) is 11.5 Å². The van der Waals surface area contributed by atoms with Crippen molar-refractivity contribution in [2.45, 2.75) is 32.9 Å². The molecule has 0 atom stereocenters. The molecule has 4 heteroatoms. The van der Waals surface area contributed by atoms with Crippen LogP contribution in [0.5, 0.6) is 11.5 Å². The highest BCUT2D eigenvalue weighted by Gasteiger charge is 2.12. The van der Waals surface area contributed by atoms with Crippen LogP contribution in [0, 0.1) is 0 Å². The fourth-order valence-electron chi connectivity index (χ4n) is 1.76. The highest BCUT2D eigenvalue weighted by Crippen LogP contribution is 2.29. The number of hydrogen-bond donors (Lipinski definition) is 1. The van der Waals surface area contributed by atoms with Gasteiger partial charge < -0.3 is 10.1 Å². The van der Waals surface area contributed by atoms with Crippen LogP contribution >= 0.6 is 23.2 Å². The summed E-state index contributed by atoms with van der Waals surface area (Å²) >= 11 is 12.0. The van der Waals surface area contributed by atoms with Gasteiger partial charge in [0.25, 0.3) is 0 Å². The van der Waals surface area contributed by atoms with E-state index in [-0.39, 0.29) is 5.54 Å². The SMILES string of the molecule is CC(C)(C)NCc1ccc(Cl)cc1Oc1ccc(Cl)cc1. The van der Waals surface area contributed by atoms with Crippen molar-refractivity contribution in [3.05, 3.63) is 58.1 Å². The third-order valence-corrected chi connectivity index (χ3v) is 3.37. The largest absolute Gasteiger partial charge is 0.457 e. The van der Waals surface area contributed by atoms with Gasteiger partial charge in [-0.3, -0.25) is 0 Å². The predicted octanol–water partition coefficient (Wildman–Crippen LogP) is 5.67. The molecule has 1 N–H and O–H groups in total. The van der Waals surface area contributed by atoms with Crippen LogP contribution in [-0.4, -0.2) is 5.54 Å². The van der Waals surface area contributed by atoms with E-state index < -0.39 is 0 Å². The first-order valence-electron chi connectivity index (χ1n) is 6.80. The van der Waals surface area contributed by atoms with E-state index in [1.807, 2.05) is 30.3 Å². The summed E-state index contributed by atoms with van der Waals surface area (Å²) in [4.78, 5) is 0. The van der Waals surface area contributed by atoms with E-state index in [0.717, 1.165) is 17.1 Å². The molecular formula is C17H19Cl2NO. The first-order chi connectivity index (χ1) is 9.83. The summed E-state index contributed by atoms with van der Waals surface area (Å²) in [5.74, 6) is 1.49. The summed E-state index contributed by atoms with van der Waals surface area (Å²) in [6.07, 6.45) is 0. The van der Waals surface area contributed by atoms with E-state index in [4.69, 9.17) is 27.9 Å². The van der Waals surface area contributed by atoms with Crippen molar-refractivity contribution in [1.29, 1.82) is 0 Å². The number of rotatable bonds is 4. The van der Waals surface area contributed by atoms with E-state index in [9.17, 15) is 0 Å². The fraction of sp³-hybridized carbons (Fsp3) is 0.294. The molecule has 0 radical (unpaired) electrons. The molecule has 0 fully saturated rings. The van der Waals surface area contributed by atoms with Gasteiger partial charge in [0, 0.05) is 27.7 Å². The Bertz CT molecular complexity index is 603. The van der Waals surface area contributed by atoms with Gasteiger partial charge in [-0.25, -0.2) is 0 Å². The second-order valence-corrected chi connectivity index (χ2v) is 6.78. The first-order valence-corrected chi connectivity index (χ1v) is 7.56. The van der Waals surface area contributed by atoms with Gasteiger partial charge in [0.1, 0.15) is 11.5 Å². The maximum Gasteiger partial charge on any atom is 0.133 e. The Morgan fingerprint density at radius 1 is 0.952 bits per heavy atom. The standard InChI is InChI=1S/C17H19Cl2NO/c1-17(2,3)20-11-12-4-5-14(19)10-16(12)21-15-8-6-13(18)7-9-15/h4-10,20H,11H2,1-3H3. The topological polar surface area (TPSA) is 21.3 Å². The molecule has 0 aliphatic heterocycles. The second-order valence-electron chi connectivity index (χ2n) is 5.91. The molecule has 0 saturated heterocycles. The molecule has 0 unspecified atom stereocenters. The summed E-state index contributed by atoms with van der Waals surface area (Å²) in [5, 5.41) is 4.78. The number of ether oxygens (including phenoxy) is 1. The first kappa shape index (κ1) is 16.2. The van der Waals surface area contributed by atoms with Crippen molar-refractivity contribution in [1.82, 2.24) is 5.32 Å². The van der Waals surface area contributed by atoms with Gasteiger partial charge in [0.2, 0.25) is 0 Å². The molecule has 0 heterocycles. The molecular weight excluding hydrogens is 305 g/mol. The Kier molecular flexibility index (Phi) is 5.15. The molecule has 2 aromatic carbocycles. The number of hydrogen-bond acceptors (Lipinski definition) is 2. The lowest BCUT2D eigenvalue weighted by Gasteiger charge is -2.21. The minimum atomic E-state index is 0.0389. The lowest BCUT2D eigenvalue weighted by atomic mass is 10.1. The summed E-state index contributed by atoms with van der Waals surface area (Å²) in [6.45, 7) is 7.09. The Morgan fingerprint density at radius 3 is 2.19 bits per heavy atom. The third kappa shape index (κ3) is 5.24. The van der Waals surface area contributed by atoms with Crippen molar-refractivity contribution in [2.75, 3.05) is 0 Å². The van der Waals surface area contributed by atoms with Crippen LogP contribution in [-0.2, 0) is 6.54 Å². The normalized spacial score (nSPS) is 11.5. The smallest absolute Gasteiger partial charge is 0.133 e. The van der Waals surface area contributed by atoms with E-state index >= 15 is 0 Å². The van der Waals surface area contributed by atoms with E-state index in [2.05, 4.69) is 26.1 Å². The van der Waals surface area contributed by atoms with Crippen molar-refractivity contribution in [2.24, 2.45) is 0 Å². The van der Waals surface area contributed by atoms with Crippen molar-refractivity contribution in [3.63, 3.8) is 0 Å². The molecule has 21 heavy (non-hydrogen) atoms. The molecule has 0 aromatic heterocycles. The zero-order chi connectivity index (χ0) is 15.5. The van der Waals surface area contributed by atoms with Crippen LogP contribution in [0.4, 0.5) is 0 Å². The molecule has 0 spiro atoms. The molecule has 2 aromatic rings. The van der Waals surface area contributed by atoms with Gasteiger partial charge in [-0.05, 0) is 57.2 Å². The molecule has 2 rings (SSSR count). The van der Waals surface area contributed by atoms with E-state index in [1.165, 1.54) is 0 Å². The van der Waals surface area contributed by atoms with Gasteiger partial charge in [-0.2, -0.15) is 0 Å². The number of halogens is 2. The monoisotopic (exact) mass is 323 g/mol. The van der Waals surface area contributed by atoms with Crippen molar-refractivity contribution >= 4 is 23.2 Å². The molecule has 0 saturated carbocycles. The fourth-order valence-corrected chi connectivity index (χ4v) is 2.05. The number of benzene rings is 2. The third-order valence-electron chi connectivity index (χ3n) is 2.88. The lowest BCUT2D eigenvalue weighted by molar-refractivity contribution is 0.414. The lowest BCUT2D eigenvalue weighted by Crippen LogP contribution is -2.35. The molecule has 2 nitrogen and oxygen atoms in total. The van der Waals surface area contributed by atoms with Crippen LogP contribution in [0.15, 0.2) is 42.5 Å². The van der Waals surface area contributed by atoms with Gasteiger partial charge >= 0.3 is 0 Å². The average Bonchev–Trinajstić information content (AvgIpc) is 2.39. The molecule has 0 aliphatic carbocycles. The van der Waals surface area contributed by atoms with Gasteiger partial charge in [-0.1, -0.05) is 29.3 Å². The zero-order valence-corrected chi connectivity index (χ0v) is 13.9. The van der Waals surface area contributed by atoms with Crippen LogP contribution in [0.3, 0.4) is 0 Å². The Morgan fingerprint density at radius 2 is 1.57 bits per heavy atom. The van der Waals surface area contributed by atoms with Gasteiger partial charge in [0.05, 0.1) is 0 Å². The van der Waals surface area contributed by atoms with Crippen LogP contribution in [0.1, 0.15) is 26.3 Å². The Labute approximate surface area is 136 Å². The summed E-state index contributed by atoms with van der Waals surface area (Å²) in [6, 6.07) is 13.0. The molecule has 112 valence electrons. The number of nitrogens with one attached hydrogen (secondary N) is 1. The quantitative estimate of drug-likeness (QED) is 0.782. The Balaban J connectivity index is 2.20. The highest BCUT2D eigenvalue weighted by molar-refractivity contribution is 6.31. The maximum atomic E-state index is 6.08. The van der Waals surface area contributed by atoms with E-state index in [0.29, 0.717) is 16.6 Å². The summed E-state index contributed by atoms with van der Waals surface area (Å²) < 4.78 is 5.93. The van der Waals surface area contributed by atoms with Gasteiger partial charge in [0.15, 0.2) is 0 Å². The molecule has 0 amide bonds. The maximum absolute atomic E-state index is 6.08. The second kappa shape index (κ2) is 6.69. The van der Waals surface area contributed by atoms with Crippen LogP contribution < -0.4 is 10.1 Å². The molecule has 0 aliphatic rings. The Hall–Kier alpha value is -1.22. The average molecular weight is 324 g/mol.